The third kappa shape index (κ3) is 4.46. The van der Waals surface area contributed by atoms with Crippen molar-refractivity contribution in [2.75, 3.05) is 11.5 Å². The number of benzene rings is 1. The van der Waals surface area contributed by atoms with E-state index in [-0.39, 0.29) is 41.7 Å². The summed E-state index contributed by atoms with van der Waals surface area (Å²) in [6, 6.07) is 7.30. The van der Waals surface area contributed by atoms with Gasteiger partial charge >= 0.3 is 0 Å². The molecule has 0 bridgehead atoms. The molecule has 0 saturated carbocycles. The first kappa shape index (κ1) is 17.3. The van der Waals surface area contributed by atoms with Gasteiger partial charge < -0.3 is 5.32 Å². The topological polar surface area (TPSA) is 63.2 Å². The van der Waals surface area contributed by atoms with Gasteiger partial charge in [0, 0.05) is 11.4 Å². The Morgan fingerprint density at radius 2 is 2.05 bits per heavy atom. The number of hydrogen-bond acceptors (Lipinski definition) is 3. The maximum absolute atomic E-state index is 12.3. The molecule has 0 aromatic heterocycles. The lowest BCUT2D eigenvalue weighted by atomic mass is 9.95. The van der Waals surface area contributed by atoms with E-state index >= 15 is 0 Å². The van der Waals surface area contributed by atoms with Crippen LogP contribution in [0.25, 0.3) is 0 Å². The Morgan fingerprint density at radius 1 is 1.36 bits per heavy atom. The average Bonchev–Trinajstić information content (AvgIpc) is 2.76. The fourth-order valence-corrected chi connectivity index (χ4v) is 4.97. The minimum absolute atomic E-state index is 0.0657. The Labute approximate surface area is 137 Å². The minimum atomic E-state index is -2.95. The Balaban J connectivity index is 2.03. The second kappa shape index (κ2) is 7.01. The summed E-state index contributed by atoms with van der Waals surface area (Å²) in [4.78, 5) is 12.3. The number of hydrogen-bond donors (Lipinski definition) is 1. The van der Waals surface area contributed by atoms with E-state index in [0.717, 1.165) is 5.56 Å². The molecule has 2 unspecified atom stereocenters. The molecular formula is C16H22ClNO3S. The molecule has 0 spiro atoms. The van der Waals surface area contributed by atoms with Gasteiger partial charge in [0.2, 0.25) is 5.91 Å². The van der Waals surface area contributed by atoms with Crippen molar-refractivity contribution in [3.63, 3.8) is 0 Å². The summed E-state index contributed by atoms with van der Waals surface area (Å²) in [5.74, 6) is 0.336. The van der Waals surface area contributed by atoms with Crippen molar-refractivity contribution in [2.24, 2.45) is 11.8 Å². The Hall–Kier alpha value is -1.07. The van der Waals surface area contributed by atoms with Gasteiger partial charge in [-0.1, -0.05) is 43.6 Å². The zero-order chi connectivity index (χ0) is 16.3. The fourth-order valence-electron chi connectivity index (χ4n) is 2.86. The van der Waals surface area contributed by atoms with Gasteiger partial charge in [-0.25, -0.2) is 8.42 Å². The average molecular weight is 344 g/mol. The van der Waals surface area contributed by atoms with Crippen LogP contribution >= 0.6 is 11.6 Å². The summed E-state index contributed by atoms with van der Waals surface area (Å²) in [5, 5.41) is 3.64. The smallest absolute Gasteiger partial charge is 0.220 e. The predicted molar refractivity (Wildman–Crippen MR) is 88.6 cm³/mol. The lowest BCUT2D eigenvalue weighted by molar-refractivity contribution is -0.122. The largest absolute Gasteiger partial charge is 0.349 e. The van der Waals surface area contributed by atoms with Crippen molar-refractivity contribution in [1.29, 1.82) is 0 Å². The molecule has 1 saturated heterocycles. The molecule has 1 aromatic rings. The lowest BCUT2D eigenvalue weighted by Gasteiger charge is -2.24. The highest BCUT2D eigenvalue weighted by atomic mass is 35.5. The number of carbonyl (C=O) groups is 1. The van der Waals surface area contributed by atoms with E-state index in [0.29, 0.717) is 11.4 Å². The van der Waals surface area contributed by atoms with Gasteiger partial charge in [0.25, 0.3) is 0 Å². The third-order valence-electron chi connectivity index (χ3n) is 4.02. The second-order valence-electron chi connectivity index (χ2n) is 6.28. The maximum atomic E-state index is 12.3. The van der Waals surface area contributed by atoms with Crippen LogP contribution < -0.4 is 5.32 Å². The van der Waals surface area contributed by atoms with Crippen LogP contribution in [-0.2, 0) is 14.6 Å². The van der Waals surface area contributed by atoms with Crippen molar-refractivity contribution in [2.45, 2.75) is 32.7 Å². The van der Waals surface area contributed by atoms with Crippen LogP contribution in [0.4, 0.5) is 0 Å². The molecule has 1 aliphatic heterocycles. The number of rotatable bonds is 5. The van der Waals surface area contributed by atoms with Crippen LogP contribution in [-0.4, -0.2) is 25.8 Å². The molecule has 122 valence electrons. The monoisotopic (exact) mass is 343 g/mol. The van der Waals surface area contributed by atoms with Gasteiger partial charge in [-0.15, -0.1) is 0 Å². The molecular weight excluding hydrogens is 322 g/mol. The zero-order valence-electron chi connectivity index (χ0n) is 12.9. The van der Waals surface area contributed by atoms with Crippen LogP contribution in [0.1, 0.15) is 38.3 Å². The molecule has 2 atom stereocenters. The van der Waals surface area contributed by atoms with Crippen molar-refractivity contribution in [3.8, 4) is 0 Å². The highest BCUT2D eigenvalue weighted by molar-refractivity contribution is 7.91. The second-order valence-corrected chi connectivity index (χ2v) is 8.92. The van der Waals surface area contributed by atoms with Crippen LogP contribution in [0.3, 0.4) is 0 Å². The van der Waals surface area contributed by atoms with E-state index in [9.17, 15) is 13.2 Å². The van der Waals surface area contributed by atoms with E-state index in [1.165, 1.54) is 0 Å². The summed E-state index contributed by atoms with van der Waals surface area (Å²) in [6.45, 7) is 4.04. The van der Waals surface area contributed by atoms with Crippen molar-refractivity contribution >= 4 is 27.3 Å². The third-order valence-corrected chi connectivity index (χ3v) is 6.21. The molecule has 2 rings (SSSR count). The molecule has 1 heterocycles. The summed E-state index contributed by atoms with van der Waals surface area (Å²) >= 11 is 6.22. The van der Waals surface area contributed by atoms with E-state index in [4.69, 9.17) is 11.6 Å². The van der Waals surface area contributed by atoms with Gasteiger partial charge in [0.15, 0.2) is 9.84 Å². The van der Waals surface area contributed by atoms with Crippen LogP contribution in [0.15, 0.2) is 24.3 Å². The van der Waals surface area contributed by atoms with Crippen LogP contribution in [0, 0.1) is 11.8 Å². The van der Waals surface area contributed by atoms with Gasteiger partial charge in [-0.2, -0.15) is 0 Å². The molecule has 4 nitrogen and oxygen atoms in total. The van der Waals surface area contributed by atoms with Crippen molar-refractivity contribution in [1.82, 2.24) is 5.32 Å². The predicted octanol–water partition coefficient (Wildman–Crippen LogP) is 2.98. The molecule has 1 amide bonds. The molecule has 1 N–H and O–H groups in total. The molecule has 1 fully saturated rings. The van der Waals surface area contributed by atoms with Crippen LogP contribution in [0.5, 0.6) is 0 Å². The number of amides is 1. The number of halogens is 1. The van der Waals surface area contributed by atoms with Crippen LogP contribution in [0.2, 0.25) is 5.02 Å². The molecule has 0 radical (unpaired) electrons. The normalized spacial score (nSPS) is 21.7. The van der Waals surface area contributed by atoms with E-state index in [2.05, 4.69) is 5.32 Å². The molecule has 6 heteroatoms. The first-order valence-electron chi connectivity index (χ1n) is 7.52. The zero-order valence-corrected chi connectivity index (χ0v) is 14.5. The summed E-state index contributed by atoms with van der Waals surface area (Å²) in [7, 11) is -2.95. The van der Waals surface area contributed by atoms with Crippen molar-refractivity contribution in [3.05, 3.63) is 34.9 Å². The van der Waals surface area contributed by atoms with Gasteiger partial charge in [-0.05, 0) is 29.9 Å². The highest BCUT2D eigenvalue weighted by Gasteiger charge is 2.30. The van der Waals surface area contributed by atoms with Gasteiger partial charge in [-0.3, -0.25) is 4.79 Å². The van der Waals surface area contributed by atoms with E-state index in [1.807, 2.05) is 38.1 Å². The fraction of sp³-hybridized carbons (Fsp3) is 0.562. The van der Waals surface area contributed by atoms with Gasteiger partial charge in [0.1, 0.15) is 0 Å². The van der Waals surface area contributed by atoms with E-state index in [1.54, 1.807) is 0 Å². The Bertz CT molecular complexity index is 643. The highest BCUT2D eigenvalue weighted by Crippen LogP contribution is 2.29. The molecule has 1 aliphatic rings. The Kier molecular flexibility index (Phi) is 5.50. The lowest BCUT2D eigenvalue weighted by Crippen LogP contribution is -2.33. The molecule has 1 aromatic carbocycles. The first-order chi connectivity index (χ1) is 10.3. The summed E-state index contributed by atoms with van der Waals surface area (Å²) in [6.07, 6.45) is 0.834. The van der Waals surface area contributed by atoms with E-state index < -0.39 is 9.84 Å². The Morgan fingerprint density at radius 3 is 2.59 bits per heavy atom. The molecule has 0 aliphatic carbocycles. The number of sulfone groups is 1. The summed E-state index contributed by atoms with van der Waals surface area (Å²) in [5.41, 5.74) is 0.895. The standard InChI is InChI=1S/C16H22ClNO3S/c1-11(2)16(13-5-3-4-6-14(13)17)18-15(19)9-12-7-8-22(20,21)10-12/h3-6,11-12,16H,7-10H2,1-2H3,(H,18,19). The summed E-state index contributed by atoms with van der Waals surface area (Å²) < 4.78 is 22.9. The minimum Gasteiger partial charge on any atom is -0.349 e. The number of nitrogens with one attached hydrogen (secondary N) is 1. The SMILES string of the molecule is CC(C)C(NC(=O)CC1CCS(=O)(=O)C1)c1ccccc1Cl. The number of carbonyl (C=O) groups excluding carboxylic acids is 1. The maximum Gasteiger partial charge on any atom is 0.220 e. The first-order valence-corrected chi connectivity index (χ1v) is 9.72. The molecule has 22 heavy (non-hydrogen) atoms. The quantitative estimate of drug-likeness (QED) is 0.894. The van der Waals surface area contributed by atoms with Gasteiger partial charge in [0.05, 0.1) is 17.5 Å². The van der Waals surface area contributed by atoms with Crippen molar-refractivity contribution < 1.29 is 13.2 Å².